The zero-order chi connectivity index (χ0) is 36.6. The summed E-state index contributed by atoms with van der Waals surface area (Å²) in [7, 11) is 0. The van der Waals surface area contributed by atoms with Crippen molar-refractivity contribution in [2.45, 2.75) is 0 Å². The second-order valence-corrected chi connectivity index (χ2v) is 13.9. The van der Waals surface area contributed by atoms with Crippen LogP contribution in [0.15, 0.2) is 176 Å². The Kier molecular flexibility index (Phi) is 6.61. The van der Waals surface area contributed by atoms with E-state index in [2.05, 4.69) is 164 Å². The van der Waals surface area contributed by atoms with Crippen LogP contribution in [0.4, 0.5) is 5.69 Å². The normalized spacial score (nSPS) is 11.6. The maximum Gasteiger partial charge on any atom is 0.211 e. The summed E-state index contributed by atoms with van der Waals surface area (Å²) in [5.41, 5.74) is 12.3. The van der Waals surface area contributed by atoms with Crippen molar-refractivity contribution in [3.63, 3.8) is 0 Å². The summed E-state index contributed by atoms with van der Waals surface area (Å²) in [6.45, 7) is 8.42. The highest BCUT2D eigenvalue weighted by Crippen LogP contribution is 2.43. The van der Waals surface area contributed by atoms with Gasteiger partial charge in [0.2, 0.25) is 5.69 Å². The summed E-state index contributed by atoms with van der Waals surface area (Å²) >= 11 is 0. The van der Waals surface area contributed by atoms with Gasteiger partial charge in [-0.1, -0.05) is 115 Å². The standard InChI is InChI=1S/C50H29N5/c1-52-40-30-32(28-29-46(40)55-44-24-10-5-18-37(44)38-20-12-14-33(31-51)50(38)55)34-15-2-7-21-41(34)53-45-25-11-6-19-39(45)49-47(53)26-13-27-48(49)54-42-22-8-3-16-35(42)36-17-4-9-23-43(36)54/h2-30H. The Morgan fingerprint density at radius 2 is 0.945 bits per heavy atom. The van der Waals surface area contributed by atoms with E-state index in [1.807, 2.05) is 36.4 Å². The quantitative estimate of drug-likeness (QED) is 0.169. The van der Waals surface area contributed by atoms with E-state index < -0.39 is 0 Å². The fourth-order valence-electron chi connectivity index (χ4n) is 8.87. The van der Waals surface area contributed by atoms with Crippen molar-refractivity contribution in [1.82, 2.24) is 13.7 Å². The van der Waals surface area contributed by atoms with E-state index in [0.717, 1.165) is 61.0 Å². The van der Waals surface area contributed by atoms with Gasteiger partial charge in [-0.3, -0.25) is 0 Å². The van der Waals surface area contributed by atoms with Gasteiger partial charge in [-0.15, -0.1) is 0 Å². The third kappa shape index (κ3) is 4.33. The number of benzene rings is 8. The van der Waals surface area contributed by atoms with E-state index in [4.69, 9.17) is 6.57 Å². The van der Waals surface area contributed by atoms with Crippen molar-refractivity contribution in [2.75, 3.05) is 0 Å². The number of para-hydroxylation sites is 6. The molecule has 3 aromatic heterocycles. The Balaban J connectivity index is 1.15. The van der Waals surface area contributed by atoms with E-state index in [1.54, 1.807) is 0 Å². The Morgan fingerprint density at radius 1 is 0.436 bits per heavy atom. The number of hydrogen-bond acceptors (Lipinski definition) is 1. The molecule has 0 spiro atoms. The lowest BCUT2D eigenvalue weighted by Gasteiger charge is -2.16. The lowest BCUT2D eigenvalue weighted by atomic mass is 10.0. The molecule has 0 radical (unpaired) electrons. The molecule has 254 valence electrons. The van der Waals surface area contributed by atoms with E-state index in [1.165, 1.54) is 32.6 Å². The fraction of sp³-hybridized carbons (Fsp3) is 0. The van der Waals surface area contributed by atoms with Crippen LogP contribution in [0.25, 0.3) is 98.5 Å². The van der Waals surface area contributed by atoms with Gasteiger partial charge in [0.1, 0.15) is 6.07 Å². The molecule has 0 N–H and O–H groups in total. The summed E-state index contributed by atoms with van der Waals surface area (Å²) in [6, 6.07) is 63.5. The van der Waals surface area contributed by atoms with Crippen molar-refractivity contribution in [2.24, 2.45) is 0 Å². The molecule has 0 amide bonds. The highest BCUT2D eigenvalue weighted by molar-refractivity contribution is 6.17. The van der Waals surface area contributed by atoms with Crippen LogP contribution in [-0.2, 0) is 0 Å². The van der Waals surface area contributed by atoms with Crippen molar-refractivity contribution in [1.29, 1.82) is 5.26 Å². The van der Waals surface area contributed by atoms with E-state index >= 15 is 0 Å². The van der Waals surface area contributed by atoms with Gasteiger partial charge >= 0.3 is 0 Å². The molecule has 0 fully saturated rings. The molecule has 5 nitrogen and oxygen atoms in total. The molecule has 0 aliphatic heterocycles. The van der Waals surface area contributed by atoms with Crippen LogP contribution in [-0.4, -0.2) is 13.7 Å². The minimum Gasteiger partial charge on any atom is -0.318 e. The number of aromatic nitrogens is 3. The topological polar surface area (TPSA) is 42.9 Å². The lowest BCUT2D eigenvalue weighted by Crippen LogP contribution is -1.99. The summed E-state index contributed by atoms with van der Waals surface area (Å²) in [4.78, 5) is 4.10. The van der Waals surface area contributed by atoms with Gasteiger partial charge in [0.05, 0.1) is 62.3 Å². The van der Waals surface area contributed by atoms with Gasteiger partial charge in [0, 0.05) is 37.9 Å². The Bertz CT molecular complexity index is 3420. The van der Waals surface area contributed by atoms with Crippen LogP contribution in [0.1, 0.15) is 5.56 Å². The molecule has 8 aromatic carbocycles. The summed E-state index contributed by atoms with van der Waals surface area (Å²) in [5.74, 6) is 0. The second-order valence-electron chi connectivity index (χ2n) is 13.9. The first-order valence-electron chi connectivity index (χ1n) is 18.3. The molecule has 55 heavy (non-hydrogen) atoms. The monoisotopic (exact) mass is 699 g/mol. The largest absolute Gasteiger partial charge is 0.318 e. The number of nitriles is 1. The summed E-state index contributed by atoms with van der Waals surface area (Å²) < 4.78 is 6.85. The van der Waals surface area contributed by atoms with Crippen LogP contribution in [0.5, 0.6) is 0 Å². The molecule has 11 aromatic rings. The van der Waals surface area contributed by atoms with Crippen LogP contribution in [0.3, 0.4) is 0 Å². The van der Waals surface area contributed by atoms with Crippen LogP contribution >= 0.6 is 0 Å². The Hall–Kier alpha value is -7.86. The first kappa shape index (κ1) is 30.7. The predicted octanol–water partition coefficient (Wildman–Crippen LogP) is 13.1. The van der Waals surface area contributed by atoms with Crippen molar-refractivity contribution >= 4 is 71.1 Å². The van der Waals surface area contributed by atoms with Gasteiger partial charge in [0.15, 0.2) is 0 Å². The average molecular weight is 700 g/mol. The molecule has 0 aliphatic carbocycles. The second kappa shape index (κ2) is 11.8. The predicted molar refractivity (Wildman–Crippen MR) is 226 cm³/mol. The molecule has 11 rings (SSSR count). The first-order chi connectivity index (χ1) is 27.2. The number of rotatable bonds is 4. The Labute approximate surface area is 316 Å². The van der Waals surface area contributed by atoms with Crippen LogP contribution in [0, 0.1) is 17.9 Å². The molecule has 0 saturated carbocycles. The smallest absolute Gasteiger partial charge is 0.211 e. The van der Waals surface area contributed by atoms with E-state index in [0.29, 0.717) is 11.3 Å². The lowest BCUT2D eigenvalue weighted by molar-refractivity contribution is 1.17. The molecule has 0 atom stereocenters. The SMILES string of the molecule is [C-]#[N+]c1cc(-c2ccccc2-n2c3ccccc3c3c(-n4c5ccccc5c5ccccc54)cccc32)ccc1-n1c2ccccc2c2cccc(C#N)c21. The third-order valence-electron chi connectivity index (χ3n) is 11.1. The van der Waals surface area contributed by atoms with Gasteiger partial charge < -0.3 is 13.7 Å². The third-order valence-corrected chi connectivity index (χ3v) is 11.1. The Morgan fingerprint density at radius 3 is 1.64 bits per heavy atom. The minimum atomic E-state index is 0.513. The molecule has 5 heteroatoms. The van der Waals surface area contributed by atoms with E-state index in [9.17, 15) is 5.26 Å². The van der Waals surface area contributed by atoms with Crippen molar-refractivity contribution < 1.29 is 0 Å². The average Bonchev–Trinajstić information content (AvgIpc) is 3.89. The molecule has 0 bridgehead atoms. The molecule has 0 unspecified atom stereocenters. The van der Waals surface area contributed by atoms with Gasteiger partial charge in [-0.25, -0.2) is 4.85 Å². The highest BCUT2D eigenvalue weighted by Gasteiger charge is 2.22. The molecule has 0 aliphatic rings. The maximum atomic E-state index is 10.2. The van der Waals surface area contributed by atoms with Crippen LogP contribution in [0.2, 0.25) is 0 Å². The molecule has 0 saturated heterocycles. The van der Waals surface area contributed by atoms with E-state index in [-0.39, 0.29) is 0 Å². The molecular weight excluding hydrogens is 671 g/mol. The number of nitrogens with zero attached hydrogens (tertiary/aromatic N) is 5. The van der Waals surface area contributed by atoms with Crippen molar-refractivity contribution in [3.8, 4) is 34.3 Å². The highest BCUT2D eigenvalue weighted by atomic mass is 15.0. The van der Waals surface area contributed by atoms with Gasteiger partial charge in [0.25, 0.3) is 0 Å². The summed E-state index contributed by atoms with van der Waals surface area (Å²) in [5, 5.41) is 17.0. The maximum absolute atomic E-state index is 10.2. The first-order valence-corrected chi connectivity index (χ1v) is 18.3. The minimum absolute atomic E-state index is 0.513. The summed E-state index contributed by atoms with van der Waals surface area (Å²) in [6.07, 6.45) is 0. The zero-order valence-corrected chi connectivity index (χ0v) is 29.5. The molecular formula is C50H29N5. The van der Waals surface area contributed by atoms with Crippen molar-refractivity contribution in [3.05, 3.63) is 193 Å². The van der Waals surface area contributed by atoms with Crippen LogP contribution < -0.4 is 0 Å². The zero-order valence-electron chi connectivity index (χ0n) is 29.5. The molecule has 3 heterocycles. The number of fused-ring (bicyclic) bond motifs is 9. The number of hydrogen-bond donors (Lipinski definition) is 0. The van der Waals surface area contributed by atoms with Gasteiger partial charge in [-0.05, 0) is 66.2 Å². The van der Waals surface area contributed by atoms with Gasteiger partial charge in [-0.2, -0.15) is 5.26 Å². The fourth-order valence-corrected chi connectivity index (χ4v) is 8.87.